The topological polar surface area (TPSA) is 46.5 Å². The number of carbonyl (C=O) groups is 1. The van der Waals surface area contributed by atoms with Gasteiger partial charge >= 0.3 is 5.97 Å². The first-order chi connectivity index (χ1) is 7.57. The molecule has 2 aliphatic carbocycles. The number of aliphatic hydroxyl groups is 1. The predicted molar refractivity (Wildman–Crippen MR) is 60.9 cm³/mol. The molecule has 2 atom stereocenters. The van der Waals surface area contributed by atoms with Crippen molar-refractivity contribution < 1.29 is 14.6 Å². The first kappa shape index (κ1) is 11.6. The van der Waals surface area contributed by atoms with Crippen molar-refractivity contribution in [2.75, 3.05) is 6.61 Å². The molecule has 2 saturated carbocycles. The minimum absolute atomic E-state index is 0.226. The maximum atomic E-state index is 12.1. The first-order valence-electron chi connectivity index (χ1n) is 6.15. The highest BCUT2D eigenvalue weighted by atomic mass is 16.5. The molecule has 2 aliphatic rings. The molecular formula is C13H20O3. The van der Waals surface area contributed by atoms with Gasteiger partial charge in [-0.3, -0.25) is 4.79 Å². The average Bonchev–Trinajstić information content (AvgIpc) is 2.60. The fraction of sp³-hybridized carbons (Fsp3) is 0.769. The van der Waals surface area contributed by atoms with Gasteiger partial charge in [-0.05, 0) is 51.0 Å². The van der Waals surface area contributed by atoms with Crippen molar-refractivity contribution in [3.63, 3.8) is 0 Å². The van der Waals surface area contributed by atoms with Crippen LogP contribution in [0.3, 0.4) is 0 Å². The summed E-state index contributed by atoms with van der Waals surface area (Å²) >= 11 is 0. The van der Waals surface area contributed by atoms with Crippen molar-refractivity contribution in [3.05, 3.63) is 12.2 Å². The molecule has 0 amide bonds. The number of esters is 1. The fourth-order valence-corrected chi connectivity index (χ4v) is 3.39. The Bertz CT molecular complexity index is 323. The highest BCUT2D eigenvalue weighted by Gasteiger charge is 2.61. The summed E-state index contributed by atoms with van der Waals surface area (Å²) in [6.45, 7) is 6.14. The maximum absolute atomic E-state index is 12.1. The van der Waals surface area contributed by atoms with Gasteiger partial charge in [0.05, 0.1) is 6.61 Å². The van der Waals surface area contributed by atoms with E-state index in [4.69, 9.17) is 4.74 Å². The molecule has 0 heterocycles. The summed E-state index contributed by atoms with van der Waals surface area (Å²) in [5.41, 5.74) is -0.875. The monoisotopic (exact) mass is 224 g/mol. The third-order valence-corrected chi connectivity index (χ3v) is 4.27. The molecule has 0 radical (unpaired) electrons. The second-order valence-electron chi connectivity index (χ2n) is 4.97. The fourth-order valence-electron chi connectivity index (χ4n) is 3.39. The number of ether oxygens (including phenoxy) is 1. The largest absolute Gasteiger partial charge is 0.465 e. The molecule has 0 aromatic carbocycles. The van der Waals surface area contributed by atoms with Crippen LogP contribution in [-0.4, -0.2) is 23.3 Å². The summed E-state index contributed by atoms with van der Waals surface area (Å²) in [6.07, 6.45) is 4.78. The van der Waals surface area contributed by atoms with Crippen molar-refractivity contribution in [2.24, 2.45) is 5.41 Å². The van der Waals surface area contributed by atoms with Gasteiger partial charge in [-0.1, -0.05) is 6.58 Å². The molecule has 0 spiro atoms. The molecular weight excluding hydrogens is 204 g/mol. The summed E-state index contributed by atoms with van der Waals surface area (Å²) in [4.78, 5) is 12.1. The average molecular weight is 224 g/mol. The van der Waals surface area contributed by atoms with Crippen LogP contribution in [0.5, 0.6) is 0 Å². The van der Waals surface area contributed by atoms with Crippen LogP contribution in [0.1, 0.15) is 45.4 Å². The molecule has 0 unspecified atom stereocenters. The zero-order valence-corrected chi connectivity index (χ0v) is 9.92. The van der Waals surface area contributed by atoms with E-state index in [2.05, 4.69) is 6.58 Å². The number of fused-ring (bicyclic) bond motifs is 1. The Morgan fingerprint density at radius 2 is 2.12 bits per heavy atom. The Balaban J connectivity index is 2.35. The van der Waals surface area contributed by atoms with E-state index in [9.17, 15) is 9.90 Å². The van der Waals surface area contributed by atoms with Crippen molar-refractivity contribution in [1.82, 2.24) is 0 Å². The number of carbonyl (C=O) groups excluding carboxylic acids is 1. The Morgan fingerprint density at radius 3 is 2.81 bits per heavy atom. The number of hydrogen-bond acceptors (Lipinski definition) is 3. The van der Waals surface area contributed by atoms with Crippen LogP contribution in [0.25, 0.3) is 0 Å². The molecule has 3 nitrogen and oxygen atoms in total. The standard InChI is InChI=1S/C13H20O3/c1-3-16-11(14)12-7-4-6-10(2)13(12,15)9-5-8-12/h15H,2-9H2,1H3/t12-,13+/m1/s1. The smallest absolute Gasteiger partial charge is 0.315 e. The van der Waals surface area contributed by atoms with Gasteiger partial charge in [0.25, 0.3) is 0 Å². The summed E-state index contributed by atoms with van der Waals surface area (Å²) < 4.78 is 5.16. The van der Waals surface area contributed by atoms with Gasteiger partial charge in [0.1, 0.15) is 11.0 Å². The maximum Gasteiger partial charge on any atom is 0.315 e. The molecule has 0 saturated heterocycles. The van der Waals surface area contributed by atoms with Gasteiger partial charge in [-0.15, -0.1) is 0 Å². The minimum Gasteiger partial charge on any atom is -0.465 e. The van der Waals surface area contributed by atoms with E-state index in [1.54, 1.807) is 6.92 Å². The van der Waals surface area contributed by atoms with Crippen LogP contribution in [0.4, 0.5) is 0 Å². The zero-order valence-electron chi connectivity index (χ0n) is 9.92. The molecule has 2 fully saturated rings. The Morgan fingerprint density at radius 1 is 1.44 bits per heavy atom. The van der Waals surface area contributed by atoms with Crippen LogP contribution >= 0.6 is 0 Å². The van der Waals surface area contributed by atoms with Gasteiger partial charge < -0.3 is 9.84 Å². The van der Waals surface area contributed by atoms with Gasteiger partial charge in [-0.25, -0.2) is 0 Å². The molecule has 3 heteroatoms. The lowest BCUT2D eigenvalue weighted by atomic mass is 9.63. The summed E-state index contributed by atoms with van der Waals surface area (Å²) in [7, 11) is 0. The SMILES string of the molecule is C=C1CCC[C@]2(C(=O)OCC)CCC[C@]12O. The predicted octanol–water partition coefficient (Wildman–Crippen LogP) is 2.19. The van der Waals surface area contributed by atoms with E-state index in [1.807, 2.05) is 0 Å². The van der Waals surface area contributed by atoms with Crippen LogP contribution in [0.2, 0.25) is 0 Å². The molecule has 0 bridgehead atoms. The van der Waals surface area contributed by atoms with Gasteiger partial charge in [0.2, 0.25) is 0 Å². The Labute approximate surface area is 96.5 Å². The van der Waals surface area contributed by atoms with E-state index < -0.39 is 11.0 Å². The molecule has 0 aliphatic heterocycles. The molecule has 2 rings (SSSR count). The Hall–Kier alpha value is -0.830. The molecule has 0 aromatic rings. The second kappa shape index (κ2) is 3.88. The quantitative estimate of drug-likeness (QED) is 0.577. The van der Waals surface area contributed by atoms with Crippen LogP contribution in [0.15, 0.2) is 12.2 Å². The molecule has 0 aromatic heterocycles. The van der Waals surface area contributed by atoms with E-state index in [0.29, 0.717) is 13.0 Å². The summed E-state index contributed by atoms with van der Waals surface area (Å²) in [5.74, 6) is -0.226. The lowest BCUT2D eigenvalue weighted by molar-refractivity contribution is -0.170. The third kappa shape index (κ3) is 1.34. The van der Waals surface area contributed by atoms with Crippen LogP contribution in [-0.2, 0) is 9.53 Å². The van der Waals surface area contributed by atoms with Crippen LogP contribution < -0.4 is 0 Å². The summed E-state index contributed by atoms with van der Waals surface area (Å²) in [5, 5.41) is 10.7. The first-order valence-corrected chi connectivity index (χ1v) is 6.15. The highest BCUT2D eigenvalue weighted by Crippen LogP contribution is 2.57. The van der Waals surface area contributed by atoms with Crippen molar-refractivity contribution in [3.8, 4) is 0 Å². The lowest BCUT2D eigenvalue weighted by Crippen LogP contribution is -2.53. The van der Waals surface area contributed by atoms with Gasteiger partial charge in [0, 0.05) is 0 Å². The molecule has 1 N–H and O–H groups in total. The molecule has 90 valence electrons. The molecule has 16 heavy (non-hydrogen) atoms. The zero-order chi connectivity index (χ0) is 11.8. The number of rotatable bonds is 2. The van der Waals surface area contributed by atoms with Crippen molar-refractivity contribution in [2.45, 2.75) is 51.0 Å². The second-order valence-corrected chi connectivity index (χ2v) is 4.97. The van der Waals surface area contributed by atoms with E-state index in [-0.39, 0.29) is 5.97 Å². The Kier molecular flexibility index (Phi) is 2.82. The number of hydrogen-bond donors (Lipinski definition) is 1. The van der Waals surface area contributed by atoms with Crippen molar-refractivity contribution >= 4 is 5.97 Å². The summed E-state index contributed by atoms with van der Waals surface area (Å²) in [6, 6.07) is 0. The highest BCUT2D eigenvalue weighted by molar-refractivity contribution is 5.80. The third-order valence-electron chi connectivity index (χ3n) is 4.27. The van der Waals surface area contributed by atoms with Crippen LogP contribution in [0, 0.1) is 5.41 Å². The van der Waals surface area contributed by atoms with E-state index >= 15 is 0 Å². The van der Waals surface area contributed by atoms with E-state index in [0.717, 1.165) is 37.7 Å². The van der Waals surface area contributed by atoms with Gasteiger partial charge in [0.15, 0.2) is 0 Å². The van der Waals surface area contributed by atoms with Crippen molar-refractivity contribution in [1.29, 1.82) is 0 Å². The van der Waals surface area contributed by atoms with Gasteiger partial charge in [-0.2, -0.15) is 0 Å². The van der Waals surface area contributed by atoms with E-state index in [1.165, 1.54) is 0 Å². The normalized spacial score (nSPS) is 38.2. The minimum atomic E-state index is -1.00. The lowest BCUT2D eigenvalue weighted by Gasteiger charge is -2.45.